The average Bonchev–Trinajstić information content (AvgIpc) is 2.65. The summed E-state index contributed by atoms with van der Waals surface area (Å²) in [5.74, 6) is -0.245. The van der Waals surface area contributed by atoms with Crippen LogP contribution in [0.1, 0.15) is 59.8 Å². The van der Waals surface area contributed by atoms with Crippen LogP contribution in [0, 0.1) is 6.92 Å². The molecule has 1 amide bonds. The number of H-pyrrole nitrogens is 1. The van der Waals surface area contributed by atoms with Gasteiger partial charge in [0.05, 0.1) is 0 Å². The highest BCUT2D eigenvalue weighted by Crippen LogP contribution is 2.20. The van der Waals surface area contributed by atoms with Gasteiger partial charge in [-0.3, -0.25) is 9.59 Å². The number of carbonyl (C=O) groups is 2. The Kier molecular flexibility index (Phi) is 4.52. The molecule has 0 bridgehead atoms. The van der Waals surface area contributed by atoms with Gasteiger partial charge in [0.25, 0.3) is 5.91 Å². The monoisotopic (exact) mass is 265 g/mol. The predicted octanol–water partition coefficient (Wildman–Crippen LogP) is 1.56. The van der Waals surface area contributed by atoms with Crippen molar-refractivity contribution in [2.24, 2.45) is 5.73 Å². The molecule has 106 valence electrons. The molecule has 1 heterocycles. The minimum absolute atomic E-state index is 0.0252. The Morgan fingerprint density at radius 2 is 1.95 bits per heavy atom. The zero-order valence-corrected chi connectivity index (χ0v) is 12.3. The molecule has 4 N–H and O–H groups in total. The number of aromatic nitrogens is 1. The summed E-state index contributed by atoms with van der Waals surface area (Å²) in [7, 11) is 0. The number of rotatable bonds is 5. The van der Waals surface area contributed by atoms with E-state index >= 15 is 0 Å². The van der Waals surface area contributed by atoms with E-state index in [1.807, 2.05) is 20.8 Å². The fraction of sp³-hybridized carbons (Fsp3) is 0.571. The second kappa shape index (κ2) is 5.57. The average molecular weight is 265 g/mol. The second-order valence-corrected chi connectivity index (χ2v) is 5.43. The lowest BCUT2D eigenvalue weighted by atomic mass is 10.0. The van der Waals surface area contributed by atoms with Crippen molar-refractivity contribution in [1.82, 2.24) is 10.3 Å². The van der Waals surface area contributed by atoms with Crippen LogP contribution in [0.4, 0.5) is 0 Å². The van der Waals surface area contributed by atoms with Gasteiger partial charge >= 0.3 is 0 Å². The van der Waals surface area contributed by atoms with Gasteiger partial charge in [-0.15, -0.1) is 0 Å². The van der Waals surface area contributed by atoms with Crippen LogP contribution < -0.4 is 11.1 Å². The summed E-state index contributed by atoms with van der Waals surface area (Å²) in [6, 6.07) is 0. The maximum atomic E-state index is 12.3. The quantitative estimate of drug-likeness (QED) is 0.706. The predicted molar refractivity (Wildman–Crippen MR) is 75.5 cm³/mol. The first-order valence-electron chi connectivity index (χ1n) is 6.48. The second-order valence-electron chi connectivity index (χ2n) is 5.43. The van der Waals surface area contributed by atoms with Gasteiger partial charge in [0.2, 0.25) is 0 Å². The van der Waals surface area contributed by atoms with Gasteiger partial charge in [-0.05, 0) is 39.7 Å². The van der Waals surface area contributed by atoms with Crippen molar-refractivity contribution >= 4 is 11.7 Å². The van der Waals surface area contributed by atoms with Crippen molar-refractivity contribution in [2.45, 2.75) is 46.6 Å². The fourth-order valence-corrected chi connectivity index (χ4v) is 2.12. The first kappa shape index (κ1) is 15.4. The number of hydrogen-bond acceptors (Lipinski definition) is 3. The van der Waals surface area contributed by atoms with Crippen molar-refractivity contribution in [3.05, 3.63) is 22.5 Å². The molecule has 0 unspecified atom stereocenters. The van der Waals surface area contributed by atoms with Gasteiger partial charge < -0.3 is 16.0 Å². The highest BCUT2D eigenvalue weighted by Gasteiger charge is 2.25. The standard InChI is InChI=1S/C14H23N3O2/c1-6-10-11(9(3)18)8(2)16-12(10)13(19)17-14(4,5)7-15/h16H,6-7,15H2,1-5H3,(H,17,19). The van der Waals surface area contributed by atoms with Crippen LogP contribution in [0.3, 0.4) is 0 Å². The van der Waals surface area contributed by atoms with Crippen molar-refractivity contribution in [2.75, 3.05) is 6.54 Å². The lowest BCUT2D eigenvalue weighted by molar-refractivity contribution is 0.0910. The zero-order valence-electron chi connectivity index (χ0n) is 12.3. The van der Waals surface area contributed by atoms with Crippen LogP contribution in [-0.2, 0) is 6.42 Å². The summed E-state index contributed by atoms with van der Waals surface area (Å²) in [6.45, 7) is 9.32. The van der Waals surface area contributed by atoms with Crippen LogP contribution in [0.2, 0.25) is 0 Å². The Morgan fingerprint density at radius 1 is 1.37 bits per heavy atom. The Balaban J connectivity index is 3.18. The van der Waals surface area contributed by atoms with Crippen molar-refractivity contribution in [3.8, 4) is 0 Å². The van der Waals surface area contributed by atoms with Crippen LogP contribution in [0.5, 0.6) is 0 Å². The molecule has 19 heavy (non-hydrogen) atoms. The third-order valence-electron chi connectivity index (χ3n) is 3.19. The van der Waals surface area contributed by atoms with Gasteiger partial charge in [0.1, 0.15) is 5.69 Å². The highest BCUT2D eigenvalue weighted by molar-refractivity contribution is 6.02. The zero-order chi connectivity index (χ0) is 14.8. The molecule has 0 saturated heterocycles. The highest BCUT2D eigenvalue weighted by atomic mass is 16.2. The van der Waals surface area contributed by atoms with E-state index in [0.717, 1.165) is 11.3 Å². The number of ketones is 1. The van der Waals surface area contributed by atoms with Gasteiger partial charge in [-0.2, -0.15) is 0 Å². The smallest absolute Gasteiger partial charge is 0.268 e. The fourth-order valence-electron chi connectivity index (χ4n) is 2.12. The molecule has 0 aliphatic heterocycles. The molecule has 1 aromatic heterocycles. The summed E-state index contributed by atoms with van der Waals surface area (Å²) in [5.41, 5.74) is 7.73. The van der Waals surface area contributed by atoms with E-state index in [2.05, 4.69) is 10.3 Å². The third-order valence-corrected chi connectivity index (χ3v) is 3.19. The number of aryl methyl sites for hydroxylation is 1. The maximum Gasteiger partial charge on any atom is 0.268 e. The van der Waals surface area contributed by atoms with Crippen LogP contribution in [0.15, 0.2) is 0 Å². The van der Waals surface area contributed by atoms with E-state index in [-0.39, 0.29) is 11.7 Å². The van der Waals surface area contributed by atoms with Crippen molar-refractivity contribution in [1.29, 1.82) is 0 Å². The Labute approximate surface area is 114 Å². The molecular weight excluding hydrogens is 242 g/mol. The summed E-state index contributed by atoms with van der Waals surface area (Å²) in [5, 5.41) is 2.87. The van der Waals surface area contributed by atoms with Gasteiger partial charge in [-0.1, -0.05) is 6.92 Å². The molecule has 0 fully saturated rings. The lowest BCUT2D eigenvalue weighted by Crippen LogP contribution is -2.49. The first-order chi connectivity index (χ1) is 8.73. The van der Waals surface area contributed by atoms with E-state index < -0.39 is 5.54 Å². The summed E-state index contributed by atoms with van der Waals surface area (Å²) < 4.78 is 0. The first-order valence-corrected chi connectivity index (χ1v) is 6.48. The molecule has 0 spiro atoms. The number of Topliss-reactive ketones (excluding diaryl/α,β-unsaturated/α-hetero) is 1. The molecule has 5 nitrogen and oxygen atoms in total. The largest absolute Gasteiger partial charge is 0.354 e. The Bertz CT molecular complexity index is 501. The number of hydrogen-bond donors (Lipinski definition) is 3. The number of amides is 1. The molecule has 5 heteroatoms. The van der Waals surface area contributed by atoms with Crippen molar-refractivity contribution in [3.63, 3.8) is 0 Å². The number of nitrogens with one attached hydrogen (secondary N) is 2. The molecule has 0 radical (unpaired) electrons. The number of nitrogens with two attached hydrogens (primary N) is 1. The molecule has 0 saturated carbocycles. The molecule has 0 aliphatic carbocycles. The Hall–Kier alpha value is -1.62. The minimum atomic E-state index is -0.475. The van der Waals surface area contributed by atoms with Crippen LogP contribution >= 0.6 is 0 Å². The lowest BCUT2D eigenvalue weighted by Gasteiger charge is -2.24. The molecule has 1 aromatic rings. The van der Waals surface area contributed by atoms with Gasteiger partial charge in [-0.25, -0.2) is 0 Å². The van der Waals surface area contributed by atoms with Gasteiger partial charge in [0, 0.05) is 23.3 Å². The van der Waals surface area contributed by atoms with Crippen molar-refractivity contribution < 1.29 is 9.59 Å². The molecule has 0 aliphatic rings. The van der Waals surface area contributed by atoms with E-state index in [4.69, 9.17) is 5.73 Å². The SMILES string of the molecule is CCc1c(C(=O)NC(C)(C)CN)[nH]c(C)c1C(C)=O. The molecule has 1 rings (SSSR count). The Morgan fingerprint density at radius 3 is 2.37 bits per heavy atom. The van der Waals surface area contributed by atoms with E-state index in [1.54, 1.807) is 6.92 Å². The summed E-state index contributed by atoms with van der Waals surface area (Å²) in [6.07, 6.45) is 0.630. The van der Waals surface area contributed by atoms with Crippen LogP contribution in [0.25, 0.3) is 0 Å². The minimum Gasteiger partial charge on any atom is -0.354 e. The van der Waals surface area contributed by atoms with E-state index in [1.165, 1.54) is 6.92 Å². The number of carbonyl (C=O) groups excluding carboxylic acids is 2. The summed E-state index contributed by atoms with van der Waals surface area (Å²) >= 11 is 0. The topological polar surface area (TPSA) is 88.0 Å². The summed E-state index contributed by atoms with van der Waals surface area (Å²) in [4.78, 5) is 26.9. The maximum absolute atomic E-state index is 12.3. The molecule has 0 atom stereocenters. The third kappa shape index (κ3) is 3.23. The number of aromatic amines is 1. The normalized spacial score (nSPS) is 11.5. The van der Waals surface area contributed by atoms with E-state index in [9.17, 15) is 9.59 Å². The van der Waals surface area contributed by atoms with Gasteiger partial charge in [0.15, 0.2) is 5.78 Å². The van der Waals surface area contributed by atoms with Crippen LogP contribution in [-0.4, -0.2) is 28.8 Å². The molecule has 0 aromatic carbocycles. The van der Waals surface area contributed by atoms with E-state index in [0.29, 0.717) is 24.2 Å². The molecular formula is C14H23N3O2.